The standard InChI is InChI=1S/C23H33N3O4/c1-4-6-11-18(5-2)16-30-14-9-13-24-15-19-21(27)25-23(29)26(22(19)28)20-12-8-7-10-17(20)3/h7-8,10,12,15,18,28H,4-6,9,11,13-14,16H2,1-3H3,(H,25,27,29). The van der Waals surface area contributed by atoms with E-state index in [9.17, 15) is 14.7 Å². The number of hydrogen-bond acceptors (Lipinski definition) is 5. The number of H-pyrrole nitrogens is 1. The Morgan fingerprint density at radius 3 is 2.70 bits per heavy atom. The van der Waals surface area contributed by atoms with Crippen molar-refractivity contribution in [3.8, 4) is 11.6 Å². The molecule has 0 aliphatic carbocycles. The summed E-state index contributed by atoms with van der Waals surface area (Å²) in [5.41, 5.74) is -0.0847. The number of benzene rings is 1. The molecule has 0 spiro atoms. The summed E-state index contributed by atoms with van der Waals surface area (Å²) in [5, 5.41) is 10.6. The van der Waals surface area contributed by atoms with Crippen LogP contribution in [0.1, 0.15) is 57.1 Å². The predicted molar refractivity (Wildman–Crippen MR) is 120 cm³/mol. The molecule has 30 heavy (non-hydrogen) atoms. The Labute approximate surface area is 177 Å². The first kappa shape index (κ1) is 23.6. The van der Waals surface area contributed by atoms with Gasteiger partial charge in [0.25, 0.3) is 5.56 Å². The van der Waals surface area contributed by atoms with Gasteiger partial charge in [0.1, 0.15) is 5.56 Å². The molecule has 0 aliphatic heterocycles. The lowest BCUT2D eigenvalue weighted by Crippen LogP contribution is -2.31. The van der Waals surface area contributed by atoms with Gasteiger partial charge in [-0.2, -0.15) is 0 Å². The number of aromatic amines is 1. The number of para-hydroxylation sites is 1. The molecule has 0 aliphatic rings. The first-order chi connectivity index (χ1) is 14.5. The average molecular weight is 416 g/mol. The van der Waals surface area contributed by atoms with Gasteiger partial charge < -0.3 is 9.84 Å². The van der Waals surface area contributed by atoms with Crippen LogP contribution in [-0.2, 0) is 4.74 Å². The topological polar surface area (TPSA) is 96.7 Å². The van der Waals surface area contributed by atoms with Gasteiger partial charge in [0.2, 0.25) is 5.88 Å². The molecule has 1 aromatic carbocycles. The normalized spacial score (nSPS) is 12.5. The van der Waals surface area contributed by atoms with Crippen LogP contribution in [0.3, 0.4) is 0 Å². The molecule has 2 aromatic rings. The summed E-state index contributed by atoms with van der Waals surface area (Å²) in [4.78, 5) is 30.9. The third-order valence-electron chi connectivity index (χ3n) is 5.17. The number of rotatable bonds is 12. The number of unbranched alkanes of at least 4 members (excludes halogenated alkanes) is 1. The quantitative estimate of drug-likeness (QED) is 0.409. The fourth-order valence-electron chi connectivity index (χ4n) is 3.25. The van der Waals surface area contributed by atoms with Gasteiger partial charge in [-0.1, -0.05) is 51.3 Å². The monoisotopic (exact) mass is 415 g/mol. The molecule has 1 unspecified atom stereocenters. The maximum atomic E-state index is 12.2. The lowest BCUT2D eigenvalue weighted by Gasteiger charge is -2.14. The van der Waals surface area contributed by atoms with E-state index in [4.69, 9.17) is 4.74 Å². The predicted octanol–water partition coefficient (Wildman–Crippen LogP) is 3.58. The Hall–Kier alpha value is -2.67. The summed E-state index contributed by atoms with van der Waals surface area (Å²) in [6, 6.07) is 7.13. The highest BCUT2D eigenvalue weighted by Gasteiger charge is 2.15. The first-order valence-corrected chi connectivity index (χ1v) is 10.7. The molecule has 0 fully saturated rings. The van der Waals surface area contributed by atoms with Crippen LogP contribution in [0.25, 0.3) is 5.69 Å². The molecule has 0 saturated heterocycles. The van der Waals surface area contributed by atoms with E-state index in [0.29, 0.717) is 24.8 Å². The van der Waals surface area contributed by atoms with Crippen LogP contribution in [0.4, 0.5) is 0 Å². The third-order valence-corrected chi connectivity index (χ3v) is 5.17. The number of aromatic nitrogens is 2. The summed E-state index contributed by atoms with van der Waals surface area (Å²) >= 11 is 0. The molecule has 2 rings (SSSR count). The summed E-state index contributed by atoms with van der Waals surface area (Å²) in [7, 11) is 0. The lowest BCUT2D eigenvalue weighted by molar-refractivity contribution is 0.0933. The maximum absolute atomic E-state index is 12.2. The minimum Gasteiger partial charge on any atom is -0.493 e. The van der Waals surface area contributed by atoms with Gasteiger partial charge in [0.05, 0.1) is 5.69 Å². The second kappa shape index (κ2) is 12.1. The van der Waals surface area contributed by atoms with Gasteiger partial charge in [0, 0.05) is 26.0 Å². The minimum absolute atomic E-state index is 0.0376. The van der Waals surface area contributed by atoms with E-state index in [0.717, 1.165) is 29.6 Å². The van der Waals surface area contributed by atoms with Crippen molar-refractivity contribution in [1.29, 1.82) is 0 Å². The highest BCUT2D eigenvalue weighted by atomic mass is 16.5. The van der Waals surface area contributed by atoms with Crippen molar-refractivity contribution in [3.63, 3.8) is 0 Å². The minimum atomic E-state index is -0.689. The van der Waals surface area contributed by atoms with Gasteiger partial charge in [0.15, 0.2) is 0 Å². The smallest absolute Gasteiger partial charge is 0.335 e. The van der Waals surface area contributed by atoms with Crippen LogP contribution >= 0.6 is 0 Å². The van der Waals surface area contributed by atoms with Crippen LogP contribution in [0, 0.1) is 12.8 Å². The Morgan fingerprint density at radius 1 is 1.23 bits per heavy atom. The number of hydrogen-bond donors (Lipinski definition) is 2. The SMILES string of the molecule is CCCCC(CC)COCCCN=Cc1c(O)n(-c2ccccc2C)c(=O)[nH]c1=O. The molecule has 7 nitrogen and oxygen atoms in total. The molecule has 7 heteroatoms. The second-order valence-corrected chi connectivity index (χ2v) is 7.50. The summed E-state index contributed by atoms with van der Waals surface area (Å²) < 4.78 is 6.84. The number of aromatic hydroxyl groups is 1. The van der Waals surface area contributed by atoms with E-state index in [1.165, 1.54) is 25.5 Å². The highest BCUT2D eigenvalue weighted by Crippen LogP contribution is 2.18. The molecule has 0 amide bonds. The highest BCUT2D eigenvalue weighted by molar-refractivity contribution is 5.82. The molecular formula is C23H33N3O4. The largest absolute Gasteiger partial charge is 0.493 e. The van der Waals surface area contributed by atoms with E-state index < -0.39 is 17.1 Å². The maximum Gasteiger partial charge on any atom is 0.335 e. The van der Waals surface area contributed by atoms with Gasteiger partial charge >= 0.3 is 5.69 Å². The molecule has 0 bridgehead atoms. The van der Waals surface area contributed by atoms with Gasteiger partial charge in [-0.15, -0.1) is 0 Å². The number of aliphatic imine (C=N–C) groups is 1. The Balaban J connectivity index is 1.98. The number of nitrogens with zero attached hydrogens (tertiary/aromatic N) is 2. The second-order valence-electron chi connectivity index (χ2n) is 7.50. The van der Waals surface area contributed by atoms with E-state index in [-0.39, 0.29) is 5.56 Å². The van der Waals surface area contributed by atoms with Crippen molar-refractivity contribution in [3.05, 3.63) is 56.2 Å². The van der Waals surface area contributed by atoms with Gasteiger partial charge in [-0.25, -0.2) is 9.36 Å². The summed E-state index contributed by atoms with van der Waals surface area (Å²) in [6.45, 7) is 8.04. The van der Waals surface area contributed by atoms with Crippen LogP contribution in [0.15, 0.2) is 38.8 Å². The van der Waals surface area contributed by atoms with Crippen LogP contribution < -0.4 is 11.2 Å². The van der Waals surface area contributed by atoms with E-state index >= 15 is 0 Å². The third kappa shape index (κ3) is 6.42. The first-order valence-electron chi connectivity index (χ1n) is 10.7. The zero-order valence-electron chi connectivity index (χ0n) is 18.2. The fourth-order valence-corrected chi connectivity index (χ4v) is 3.25. The number of nitrogens with one attached hydrogen (secondary N) is 1. The van der Waals surface area contributed by atoms with Crippen molar-refractivity contribution >= 4 is 6.21 Å². The summed E-state index contributed by atoms with van der Waals surface area (Å²) in [5.74, 6) is 0.186. The van der Waals surface area contributed by atoms with E-state index in [1.807, 2.05) is 19.1 Å². The number of ether oxygens (including phenoxy) is 1. The lowest BCUT2D eigenvalue weighted by atomic mass is 10.0. The molecule has 0 saturated carbocycles. The fraction of sp³-hybridized carbons (Fsp3) is 0.522. The number of aryl methyl sites for hydroxylation is 1. The Morgan fingerprint density at radius 2 is 2.00 bits per heavy atom. The van der Waals surface area contributed by atoms with Crippen LogP contribution in [0.2, 0.25) is 0 Å². The molecule has 0 radical (unpaired) electrons. The molecule has 1 atom stereocenters. The van der Waals surface area contributed by atoms with Gasteiger partial charge in [-0.3, -0.25) is 14.8 Å². The van der Waals surface area contributed by atoms with Crippen LogP contribution in [-0.4, -0.2) is 40.6 Å². The Kier molecular flexibility index (Phi) is 9.54. The van der Waals surface area contributed by atoms with Crippen molar-refractivity contribution in [2.24, 2.45) is 10.9 Å². The van der Waals surface area contributed by atoms with Crippen molar-refractivity contribution in [2.45, 2.75) is 52.9 Å². The van der Waals surface area contributed by atoms with Crippen molar-refractivity contribution in [2.75, 3.05) is 19.8 Å². The summed E-state index contributed by atoms with van der Waals surface area (Å²) in [6.07, 6.45) is 6.79. The zero-order chi connectivity index (χ0) is 21.9. The van der Waals surface area contributed by atoms with E-state index in [1.54, 1.807) is 12.1 Å². The van der Waals surface area contributed by atoms with Crippen LogP contribution in [0.5, 0.6) is 5.88 Å². The molecule has 2 N–H and O–H groups in total. The molecule has 164 valence electrons. The zero-order valence-corrected chi connectivity index (χ0v) is 18.2. The average Bonchev–Trinajstić information content (AvgIpc) is 2.72. The Bertz CT molecular complexity index is 946. The van der Waals surface area contributed by atoms with Gasteiger partial charge in [-0.05, 0) is 37.3 Å². The molecular weight excluding hydrogens is 382 g/mol. The molecule has 1 aromatic heterocycles. The molecule has 1 heterocycles. The van der Waals surface area contributed by atoms with Crippen molar-refractivity contribution in [1.82, 2.24) is 9.55 Å². The van der Waals surface area contributed by atoms with E-state index in [2.05, 4.69) is 23.8 Å². The van der Waals surface area contributed by atoms with Crippen molar-refractivity contribution < 1.29 is 9.84 Å².